The summed E-state index contributed by atoms with van der Waals surface area (Å²) in [6, 6.07) is 8.31. The van der Waals surface area contributed by atoms with E-state index in [1.807, 2.05) is 6.07 Å². The van der Waals surface area contributed by atoms with Crippen LogP contribution < -0.4 is 24.4 Å². The van der Waals surface area contributed by atoms with E-state index in [4.69, 9.17) is 23.7 Å². The zero-order valence-corrected chi connectivity index (χ0v) is 18.7. The molecule has 1 N–H and O–H groups in total. The van der Waals surface area contributed by atoms with Crippen LogP contribution in [0.25, 0.3) is 0 Å². The van der Waals surface area contributed by atoms with Gasteiger partial charge in [0.05, 0.1) is 52.4 Å². The van der Waals surface area contributed by atoms with Crippen LogP contribution >= 0.6 is 0 Å². The zero-order chi connectivity index (χ0) is 23.1. The van der Waals surface area contributed by atoms with Crippen LogP contribution in [0.3, 0.4) is 0 Å². The molecule has 0 radical (unpaired) electrons. The van der Waals surface area contributed by atoms with Crippen molar-refractivity contribution in [3.8, 4) is 17.2 Å². The van der Waals surface area contributed by atoms with Gasteiger partial charge < -0.3 is 33.9 Å². The lowest BCUT2D eigenvalue weighted by molar-refractivity contribution is 0.0526. The Kier molecular flexibility index (Phi) is 7.77. The second kappa shape index (κ2) is 10.7. The van der Waals surface area contributed by atoms with E-state index in [0.29, 0.717) is 60.4 Å². The van der Waals surface area contributed by atoms with E-state index < -0.39 is 11.9 Å². The number of nitrogens with zero attached hydrogens (tertiary/aromatic N) is 1. The summed E-state index contributed by atoms with van der Waals surface area (Å²) in [6.45, 7) is 4.52. The maximum absolute atomic E-state index is 12.9. The van der Waals surface area contributed by atoms with Crippen molar-refractivity contribution in [2.24, 2.45) is 0 Å². The normalized spacial score (nSPS) is 13.3. The minimum Gasteiger partial charge on any atom is -0.493 e. The third-order valence-corrected chi connectivity index (χ3v) is 5.03. The van der Waals surface area contributed by atoms with Gasteiger partial charge in [-0.05, 0) is 37.3 Å². The van der Waals surface area contributed by atoms with Gasteiger partial charge in [-0.2, -0.15) is 0 Å². The third-order valence-electron chi connectivity index (χ3n) is 5.03. The van der Waals surface area contributed by atoms with E-state index in [1.165, 1.54) is 21.3 Å². The Hall–Kier alpha value is -3.46. The summed E-state index contributed by atoms with van der Waals surface area (Å²) in [5, 5.41) is 2.82. The fraction of sp³-hybridized carbons (Fsp3) is 0.391. The first-order valence-corrected chi connectivity index (χ1v) is 10.3. The number of anilines is 2. The molecule has 3 rings (SSSR count). The highest BCUT2D eigenvalue weighted by Crippen LogP contribution is 2.38. The van der Waals surface area contributed by atoms with E-state index in [0.717, 1.165) is 5.69 Å². The number of carbonyl (C=O) groups excluding carboxylic acids is 2. The topological polar surface area (TPSA) is 95.6 Å². The van der Waals surface area contributed by atoms with Crippen LogP contribution in [0.4, 0.5) is 11.4 Å². The molecule has 9 heteroatoms. The standard InChI is InChI=1S/C23H28N2O7/c1-5-32-23(27)17-14-16(6-7-18(17)25-8-10-31-11-9-25)24-22(26)15-12-19(28-2)21(30-4)20(13-15)29-3/h6-7,12-14H,5,8-11H2,1-4H3,(H,24,26). The summed E-state index contributed by atoms with van der Waals surface area (Å²) in [4.78, 5) is 27.6. The summed E-state index contributed by atoms with van der Waals surface area (Å²) in [7, 11) is 4.46. The van der Waals surface area contributed by atoms with E-state index in [1.54, 1.807) is 31.2 Å². The lowest BCUT2D eigenvalue weighted by Gasteiger charge is -2.30. The molecule has 0 spiro atoms. The van der Waals surface area contributed by atoms with Crippen LogP contribution in [0.5, 0.6) is 17.2 Å². The minimum absolute atomic E-state index is 0.253. The highest BCUT2D eigenvalue weighted by atomic mass is 16.5. The number of methoxy groups -OCH3 is 3. The first-order chi connectivity index (χ1) is 15.5. The number of morpholine rings is 1. The molecule has 172 valence electrons. The molecule has 0 aliphatic carbocycles. The number of hydrogen-bond donors (Lipinski definition) is 1. The Morgan fingerprint density at radius 1 is 1.00 bits per heavy atom. The highest BCUT2D eigenvalue weighted by molar-refractivity contribution is 6.06. The lowest BCUT2D eigenvalue weighted by atomic mass is 10.1. The lowest BCUT2D eigenvalue weighted by Crippen LogP contribution is -2.37. The maximum Gasteiger partial charge on any atom is 0.340 e. The monoisotopic (exact) mass is 444 g/mol. The number of rotatable bonds is 8. The van der Waals surface area contributed by atoms with Crippen molar-refractivity contribution in [2.75, 3.05) is 64.5 Å². The number of amides is 1. The second-order valence-corrected chi connectivity index (χ2v) is 6.92. The zero-order valence-electron chi connectivity index (χ0n) is 18.7. The number of hydrogen-bond acceptors (Lipinski definition) is 8. The molecule has 2 aromatic rings. The van der Waals surface area contributed by atoms with Crippen LogP contribution in [-0.2, 0) is 9.47 Å². The predicted octanol–water partition coefficient (Wildman–Crippen LogP) is 2.98. The van der Waals surface area contributed by atoms with Crippen molar-refractivity contribution in [1.82, 2.24) is 0 Å². The molecule has 9 nitrogen and oxygen atoms in total. The molecule has 2 aromatic carbocycles. The summed E-state index contributed by atoms with van der Waals surface area (Å²) < 4.78 is 26.6. The van der Waals surface area contributed by atoms with Gasteiger partial charge in [0.25, 0.3) is 5.91 Å². The highest BCUT2D eigenvalue weighted by Gasteiger charge is 2.22. The van der Waals surface area contributed by atoms with Gasteiger partial charge in [-0.3, -0.25) is 4.79 Å². The van der Waals surface area contributed by atoms with Gasteiger partial charge in [0.1, 0.15) is 0 Å². The van der Waals surface area contributed by atoms with Crippen LogP contribution in [0.2, 0.25) is 0 Å². The third kappa shape index (κ3) is 5.05. The molecule has 0 atom stereocenters. The van der Waals surface area contributed by atoms with Gasteiger partial charge in [0.15, 0.2) is 11.5 Å². The van der Waals surface area contributed by atoms with Crippen molar-refractivity contribution in [1.29, 1.82) is 0 Å². The molecule has 1 amide bonds. The molecule has 1 saturated heterocycles. The first kappa shape index (κ1) is 23.2. The number of benzene rings is 2. The quantitative estimate of drug-likeness (QED) is 0.621. The Labute approximate surface area is 187 Å². The van der Waals surface area contributed by atoms with E-state index >= 15 is 0 Å². The molecular formula is C23H28N2O7. The average Bonchev–Trinajstić information content (AvgIpc) is 2.83. The molecule has 0 aromatic heterocycles. The summed E-state index contributed by atoms with van der Waals surface area (Å²) in [6.07, 6.45) is 0. The van der Waals surface area contributed by atoms with Crippen molar-refractivity contribution in [3.05, 3.63) is 41.5 Å². The average molecular weight is 444 g/mol. The van der Waals surface area contributed by atoms with Crippen molar-refractivity contribution < 1.29 is 33.3 Å². The molecule has 0 bridgehead atoms. The van der Waals surface area contributed by atoms with Crippen LogP contribution in [-0.4, -0.2) is 66.1 Å². The minimum atomic E-state index is -0.446. The molecule has 1 aliphatic rings. The Morgan fingerprint density at radius 2 is 1.66 bits per heavy atom. The Morgan fingerprint density at radius 3 is 2.22 bits per heavy atom. The van der Waals surface area contributed by atoms with Crippen LogP contribution in [0.1, 0.15) is 27.6 Å². The largest absolute Gasteiger partial charge is 0.493 e. The Bertz CT molecular complexity index is 946. The van der Waals surface area contributed by atoms with E-state index in [2.05, 4.69) is 10.2 Å². The second-order valence-electron chi connectivity index (χ2n) is 6.92. The Balaban J connectivity index is 1.90. The summed E-state index contributed by atoms with van der Waals surface area (Å²) in [5.74, 6) is 0.292. The van der Waals surface area contributed by atoms with Gasteiger partial charge in [-0.25, -0.2) is 4.79 Å². The molecule has 1 aliphatic heterocycles. The summed E-state index contributed by atoms with van der Waals surface area (Å²) in [5.41, 5.74) is 1.91. The summed E-state index contributed by atoms with van der Waals surface area (Å²) >= 11 is 0. The fourth-order valence-corrected chi connectivity index (χ4v) is 3.48. The smallest absolute Gasteiger partial charge is 0.340 e. The van der Waals surface area contributed by atoms with Gasteiger partial charge in [0, 0.05) is 24.3 Å². The first-order valence-electron chi connectivity index (χ1n) is 10.3. The van der Waals surface area contributed by atoms with Crippen LogP contribution in [0.15, 0.2) is 30.3 Å². The van der Waals surface area contributed by atoms with Crippen molar-refractivity contribution >= 4 is 23.3 Å². The van der Waals surface area contributed by atoms with Crippen molar-refractivity contribution in [2.45, 2.75) is 6.92 Å². The number of carbonyl (C=O) groups is 2. The molecule has 32 heavy (non-hydrogen) atoms. The number of esters is 1. The van der Waals surface area contributed by atoms with E-state index in [-0.39, 0.29) is 6.61 Å². The van der Waals surface area contributed by atoms with Crippen molar-refractivity contribution in [3.63, 3.8) is 0 Å². The van der Waals surface area contributed by atoms with Gasteiger partial charge in [-0.1, -0.05) is 0 Å². The molecule has 1 heterocycles. The maximum atomic E-state index is 12.9. The SMILES string of the molecule is CCOC(=O)c1cc(NC(=O)c2cc(OC)c(OC)c(OC)c2)ccc1N1CCOCC1. The van der Waals surface area contributed by atoms with Gasteiger partial charge in [-0.15, -0.1) is 0 Å². The molecule has 1 fully saturated rings. The number of nitrogens with one attached hydrogen (secondary N) is 1. The van der Waals surface area contributed by atoms with Gasteiger partial charge in [0.2, 0.25) is 5.75 Å². The molecule has 0 saturated carbocycles. The predicted molar refractivity (Wildman–Crippen MR) is 119 cm³/mol. The van der Waals surface area contributed by atoms with Gasteiger partial charge >= 0.3 is 5.97 Å². The molecular weight excluding hydrogens is 416 g/mol. The fourth-order valence-electron chi connectivity index (χ4n) is 3.48. The van der Waals surface area contributed by atoms with E-state index in [9.17, 15) is 9.59 Å². The van der Waals surface area contributed by atoms with Crippen LogP contribution in [0, 0.1) is 0 Å². The molecule has 0 unspecified atom stereocenters. The number of ether oxygens (including phenoxy) is 5.